The quantitative estimate of drug-likeness (QED) is 0.849. The summed E-state index contributed by atoms with van der Waals surface area (Å²) in [6.07, 6.45) is 2.18. The monoisotopic (exact) mass is 268 g/mol. The second-order valence-corrected chi connectivity index (χ2v) is 5.25. The molecular formula is C12H17BrN2. The third-order valence-corrected chi connectivity index (χ3v) is 3.69. The standard InChI is InChI=1S/C12H17BrN2/c1-15-7-6-11(14)8-12(15)9-2-4-10(13)5-3-9/h2-5,11-12H,6-8,14H2,1H3. The van der Waals surface area contributed by atoms with Gasteiger partial charge in [-0.3, -0.25) is 4.90 Å². The van der Waals surface area contributed by atoms with Gasteiger partial charge in [-0.05, 0) is 44.1 Å². The summed E-state index contributed by atoms with van der Waals surface area (Å²) in [4.78, 5) is 2.40. The van der Waals surface area contributed by atoms with E-state index in [0.717, 1.165) is 23.9 Å². The fourth-order valence-corrected chi connectivity index (χ4v) is 2.45. The molecule has 1 aromatic carbocycles. The van der Waals surface area contributed by atoms with Crippen LogP contribution in [-0.2, 0) is 0 Å². The number of likely N-dealkylation sites (tertiary alicyclic amines) is 1. The van der Waals surface area contributed by atoms with Crippen LogP contribution < -0.4 is 5.73 Å². The summed E-state index contributed by atoms with van der Waals surface area (Å²) in [6.45, 7) is 1.10. The zero-order valence-corrected chi connectivity index (χ0v) is 10.6. The smallest absolute Gasteiger partial charge is 0.0359 e. The maximum Gasteiger partial charge on any atom is 0.0359 e. The largest absolute Gasteiger partial charge is 0.328 e. The Kier molecular flexibility index (Phi) is 3.44. The molecular weight excluding hydrogens is 252 g/mol. The molecule has 1 aliphatic heterocycles. The Morgan fingerprint density at radius 1 is 1.33 bits per heavy atom. The number of halogens is 1. The zero-order valence-electron chi connectivity index (χ0n) is 8.99. The van der Waals surface area contributed by atoms with E-state index in [1.165, 1.54) is 5.56 Å². The number of benzene rings is 1. The molecule has 0 amide bonds. The van der Waals surface area contributed by atoms with Crippen LogP contribution in [0.15, 0.2) is 28.7 Å². The van der Waals surface area contributed by atoms with E-state index in [1.54, 1.807) is 0 Å². The predicted octanol–water partition coefficient (Wildman–Crippen LogP) is 2.54. The van der Waals surface area contributed by atoms with E-state index in [0.29, 0.717) is 12.1 Å². The Balaban J connectivity index is 2.17. The van der Waals surface area contributed by atoms with Gasteiger partial charge in [-0.25, -0.2) is 0 Å². The molecule has 2 rings (SSSR count). The van der Waals surface area contributed by atoms with Gasteiger partial charge in [0.15, 0.2) is 0 Å². The lowest BCUT2D eigenvalue weighted by molar-refractivity contribution is 0.171. The van der Waals surface area contributed by atoms with Gasteiger partial charge in [-0.15, -0.1) is 0 Å². The number of piperidine rings is 1. The lowest BCUT2D eigenvalue weighted by Gasteiger charge is -2.36. The van der Waals surface area contributed by atoms with Gasteiger partial charge in [0.05, 0.1) is 0 Å². The summed E-state index contributed by atoms with van der Waals surface area (Å²) in [7, 11) is 2.18. The molecule has 1 aliphatic rings. The van der Waals surface area contributed by atoms with Crippen LogP contribution in [0.5, 0.6) is 0 Å². The summed E-state index contributed by atoms with van der Waals surface area (Å²) in [5.41, 5.74) is 7.39. The van der Waals surface area contributed by atoms with Crippen molar-refractivity contribution in [3.05, 3.63) is 34.3 Å². The highest BCUT2D eigenvalue weighted by molar-refractivity contribution is 9.10. The Morgan fingerprint density at radius 2 is 2.00 bits per heavy atom. The molecule has 0 radical (unpaired) electrons. The maximum absolute atomic E-state index is 6.02. The molecule has 1 aromatic rings. The summed E-state index contributed by atoms with van der Waals surface area (Å²) in [5, 5.41) is 0. The van der Waals surface area contributed by atoms with Crippen LogP contribution in [0.3, 0.4) is 0 Å². The number of nitrogens with zero attached hydrogens (tertiary/aromatic N) is 1. The molecule has 2 nitrogen and oxygen atoms in total. The minimum absolute atomic E-state index is 0.356. The highest BCUT2D eigenvalue weighted by Crippen LogP contribution is 2.29. The number of hydrogen-bond donors (Lipinski definition) is 1. The van der Waals surface area contributed by atoms with Crippen LogP contribution in [-0.4, -0.2) is 24.5 Å². The third-order valence-electron chi connectivity index (χ3n) is 3.17. The molecule has 2 unspecified atom stereocenters. The van der Waals surface area contributed by atoms with E-state index in [4.69, 9.17) is 5.73 Å². The van der Waals surface area contributed by atoms with Gasteiger partial charge in [0, 0.05) is 16.6 Å². The van der Waals surface area contributed by atoms with Crippen LogP contribution in [0.1, 0.15) is 24.4 Å². The number of hydrogen-bond acceptors (Lipinski definition) is 2. The summed E-state index contributed by atoms with van der Waals surface area (Å²) >= 11 is 3.46. The van der Waals surface area contributed by atoms with Crippen molar-refractivity contribution in [2.75, 3.05) is 13.6 Å². The van der Waals surface area contributed by atoms with Crippen molar-refractivity contribution in [2.24, 2.45) is 5.73 Å². The minimum atomic E-state index is 0.356. The van der Waals surface area contributed by atoms with E-state index in [-0.39, 0.29) is 0 Å². The first-order chi connectivity index (χ1) is 7.16. The molecule has 15 heavy (non-hydrogen) atoms. The molecule has 82 valence electrons. The SMILES string of the molecule is CN1CCC(N)CC1c1ccc(Br)cc1. The van der Waals surface area contributed by atoms with Gasteiger partial charge in [0.1, 0.15) is 0 Å². The van der Waals surface area contributed by atoms with Gasteiger partial charge in [-0.1, -0.05) is 28.1 Å². The van der Waals surface area contributed by atoms with Crippen molar-refractivity contribution in [1.82, 2.24) is 4.90 Å². The topological polar surface area (TPSA) is 29.3 Å². The predicted molar refractivity (Wildman–Crippen MR) is 66.7 cm³/mol. The maximum atomic E-state index is 6.02. The van der Waals surface area contributed by atoms with Gasteiger partial charge < -0.3 is 5.73 Å². The van der Waals surface area contributed by atoms with E-state index in [1.807, 2.05) is 0 Å². The van der Waals surface area contributed by atoms with Crippen molar-refractivity contribution in [3.63, 3.8) is 0 Å². The Labute approximate surface area is 99.6 Å². The van der Waals surface area contributed by atoms with Crippen LogP contribution in [0.4, 0.5) is 0 Å². The molecule has 0 aliphatic carbocycles. The van der Waals surface area contributed by atoms with Crippen molar-refractivity contribution in [3.8, 4) is 0 Å². The Hall–Kier alpha value is -0.380. The molecule has 1 heterocycles. The summed E-state index contributed by atoms with van der Waals surface area (Å²) < 4.78 is 1.13. The summed E-state index contributed by atoms with van der Waals surface area (Å²) in [6, 6.07) is 9.41. The third kappa shape index (κ3) is 2.60. The number of nitrogens with two attached hydrogens (primary N) is 1. The molecule has 3 heteroatoms. The molecule has 2 atom stereocenters. The normalized spacial score (nSPS) is 27.9. The molecule has 2 N–H and O–H groups in total. The van der Waals surface area contributed by atoms with Gasteiger partial charge >= 0.3 is 0 Å². The molecule has 1 fully saturated rings. The van der Waals surface area contributed by atoms with Crippen LogP contribution >= 0.6 is 15.9 Å². The number of rotatable bonds is 1. The van der Waals surface area contributed by atoms with E-state index in [2.05, 4.69) is 52.1 Å². The average molecular weight is 269 g/mol. The van der Waals surface area contributed by atoms with Gasteiger partial charge in [-0.2, -0.15) is 0 Å². The average Bonchev–Trinajstić information content (AvgIpc) is 2.23. The molecule has 0 aromatic heterocycles. The molecule has 0 bridgehead atoms. The van der Waals surface area contributed by atoms with Gasteiger partial charge in [0.25, 0.3) is 0 Å². The molecule has 0 spiro atoms. The van der Waals surface area contributed by atoms with E-state index >= 15 is 0 Å². The van der Waals surface area contributed by atoms with Crippen molar-refractivity contribution >= 4 is 15.9 Å². The van der Waals surface area contributed by atoms with Crippen LogP contribution in [0, 0.1) is 0 Å². The first-order valence-corrected chi connectivity index (χ1v) is 6.17. The fourth-order valence-electron chi connectivity index (χ4n) is 2.19. The minimum Gasteiger partial charge on any atom is -0.328 e. The Morgan fingerprint density at radius 3 is 2.67 bits per heavy atom. The summed E-state index contributed by atoms with van der Waals surface area (Å²) in [5.74, 6) is 0. The first-order valence-electron chi connectivity index (χ1n) is 5.38. The van der Waals surface area contributed by atoms with E-state index < -0.39 is 0 Å². The van der Waals surface area contributed by atoms with Gasteiger partial charge in [0.2, 0.25) is 0 Å². The molecule has 1 saturated heterocycles. The highest BCUT2D eigenvalue weighted by Gasteiger charge is 2.24. The fraction of sp³-hybridized carbons (Fsp3) is 0.500. The van der Waals surface area contributed by atoms with Crippen LogP contribution in [0.25, 0.3) is 0 Å². The van der Waals surface area contributed by atoms with Crippen molar-refractivity contribution in [2.45, 2.75) is 24.9 Å². The van der Waals surface area contributed by atoms with Crippen molar-refractivity contribution in [1.29, 1.82) is 0 Å². The molecule has 0 saturated carbocycles. The second-order valence-electron chi connectivity index (χ2n) is 4.33. The lowest BCUT2D eigenvalue weighted by atomic mass is 9.93. The lowest BCUT2D eigenvalue weighted by Crippen LogP contribution is -2.39. The van der Waals surface area contributed by atoms with Crippen LogP contribution in [0.2, 0.25) is 0 Å². The van der Waals surface area contributed by atoms with E-state index in [9.17, 15) is 0 Å². The Bertz CT molecular complexity index is 323. The zero-order chi connectivity index (χ0) is 10.8. The highest BCUT2D eigenvalue weighted by atomic mass is 79.9. The first kappa shape index (κ1) is 11.1. The van der Waals surface area contributed by atoms with Crippen molar-refractivity contribution < 1.29 is 0 Å². The second kappa shape index (κ2) is 4.64.